The molecule has 1 fully saturated rings. The lowest BCUT2D eigenvalue weighted by atomic mass is 9.91. The summed E-state index contributed by atoms with van der Waals surface area (Å²) in [6, 6.07) is 14.5. The Hall–Kier alpha value is -2.59. The van der Waals surface area contributed by atoms with Crippen LogP contribution in [0.3, 0.4) is 0 Å². The van der Waals surface area contributed by atoms with Gasteiger partial charge in [-0.05, 0) is 62.2 Å². The molecule has 1 aromatic heterocycles. The van der Waals surface area contributed by atoms with Gasteiger partial charge in [-0.25, -0.2) is 4.98 Å². The Morgan fingerprint density at radius 3 is 2.40 bits per heavy atom. The van der Waals surface area contributed by atoms with Crippen molar-refractivity contribution in [1.29, 1.82) is 0 Å². The quantitative estimate of drug-likeness (QED) is 0.296. The highest BCUT2D eigenvalue weighted by molar-refractivity contribution is 9.10. The van der Waals surface area contributed by atoms with E-state index in [0.29, 0.717) is 4.47 Å². The Labute approximate surface area is 216 Å². The van der Waals surface area contributed by atoms with Gasteiger partial charge >= 0.3 is 6.18 Å². The molecule has 0 bridgehead atoms. The van der Waals surface area contributed by atoms with Crippen LogP contribution in [0.25, 0.3) is 10.9 Å². The summed E-state index contributed by atoms with van der Waals surface area (Å²) >= 11 is 8.42. The Kier molecular flexibility index (Phi) is 7.70. The lowest BCUT2D eigenvalue weighted by Crippen LogP contribution is -2.42. The average molecular weight is 566 g/mol. The molecule has 0 saturated heterocycles. The van der Waals surface area contributed by atoms with E-state index in [-0.39, 0.29) is 22.9 Å². The van der Waals surface area contributed by atoms with Crippen LogP contribution in [0.4, 0.5) is 30.4 Å². The lowest BCUT2D eigenvalue weighted by Gasteiger charge is -2.31. The molecule has 0 radical (unpaired) electrons. The van der Waals surface area contributed by atoms with Crippen molar-refractivity contribution in [2.75, 3.05) is 29.6 Å². The number of para-hydroxylation sites is 1. The number of nitrogens with zero attached hydrogens (tertiary/aromatic N) is 2. The van der Waals surface area contributed by atoms with Crippen molar-refractivity contribution in [1.82, 2.24) is 10.3 Å². The summed E-state index contributed by atoms with van der Waals surface area (Å²) in [6.45, 7) is 0. The summed E-state index contributed by atoms with van der Waals surface area (Å²) in [4.78, 5) is 6.86. The number of pyridine rings is 1. The van der Waals surface area contributed by atoms with E-state index >= 15 is 0 Å². The third kappa shape index (κ3) is 6.35. The molecule has 1 aliphatic carbocycles. The predicted molar refractivity (Wildman–Crippen MR) is 144 cm³/mol. The van der Waals surface area contributed by atoms with E-state index in [1.54, 1.807) is 6.07 Å². The molecule has 0 atom stereocenters. The van der Waals surface area contributed by atoms with Crippen LogP contribution in [0.1, 0.15) is 31.2 Å². The fraction of sp³-hybridized carbons (Fsp3) is 0.360. The first kappa shape index (κ1) is 25.5. The molecule has 0 spiro atoms. The minimum Gasteiger partial charge on any atom is -0.377 e. The van der Waals surface area contributed by atoms with Gasteiger partial charge in [0.2, 0.25) is 0 Å². The molecule has 0 amide bonds. The highest BCUT2D eigenvalue weighted by Crippen LogP contribution is 2.36. The second-order valence-electron chi connectivity index (χ2n) is 8.92. The Bertz CT molecular complexity index is 1210. The van der Waals surface area contributed by atoms with Gasteiger partial charge in [0.1, 0.15) is 5.82 Å². The third-order valence-electron chi connectivity index (χ3n) is 6.13. The first-order valence-corrected chi connectivity index (χ1v) is 12.6. The molecule has 3 aromatic rings. The second-order valence-corrected chi connectivity index (χ2v) is 10.2. The number of benzene rings is 2. The highest BCUT2D eigenvalue weighted by atomic mass is 79.9. The smallest absolute Gasteiger partial charge is 0.377 e. The second kappa shape index (κ2) is 10.6. The number of halogens is 4. The van der Waals surface area contributed by atoms with Crippen molar-refractivity contribution in [3.63, 3.8) is 0 Å². The molecule has 1 heterocycles. The molecule has 3 N–H and O–H groups in total. The molecule has 5 nitrogen and oxygen atoms in total. The van der Waals surface area contributed by atoms with Crippen LogP contribution in [-0.4, -0.2) is 36.3 Å². The molecule has 0 unspecified atom stereocenters. The molecule has 4 rings (SSSR count). The van der Waals surface area contributed by atoms with Gasteiger partial charge in [-0.15, -0.1) is 0 Å². The van der Waals surface area contributed by atoms with E-state index in [9.17, 15) is 13.2 Å². The molecule has 2 aromatic carbocycles. The van der Waals surface area contributed by atoms with Crippen molar-refractivity contribution in [3.8, 4) is 0 Å². The van der Waals surface area contributed by atoms with Crippen LogP contribution in [-0.2, 0) is 6.18 Å². The van der Waals surface area contributed by atoms with Crippen LogP contribution in [0.5, 0.6) is 0 Å². The molecule has 0 aliphatic heterocycles. The number of alkyl halides is 3. The van der Waals surface area contributed by atoms with Crippen LogP contribution in [0.2, 0.25) is 0 Å². The molecule has 1 saturated carbocycles. The number of fused-ring (bicyclic) bond motifs is 1. The van der Waals surface area contributed by atoms with E-state index in [0.717, 1.165) is 54.2 Å². The number of aromatic nitrogens is 1. The zero-order valence-electron chi connectivity index (χ0n) is 19.4. The highest BCUT2D eigenvalue weighted by Gasteiger charge is 2.34. The summed E-state index contributed by atoms with van der Waals surface area (Å²) in [5, 5.41) is 10.8. The fourth-order valence-corrected chi connectivity index (χ4v) is 5.03. The van der Waals surface area contributed by atoms with Crippen molar-refractivity contribution >= 4 is 61.4 Å². The summed E-state index contributed by atoms with van der Waals surface area (Å²) in [5.74, 6) is 0.843. The van der Waals surface area contributed by atoms with Gasteiger partial charge in [0.15, 0.2) is 5.11 Å². The Morgan fingerprint density at radius 2 is 1.71 bits per heavy atom. The van der Waals surface area contributed by atoms with Gasteiger partial charge in [-0.1, -0.05) is 34.1 Å². The number of rotatable bonds is 5. The minimum atomic E-state index is -4.48. The maximum atomic E-state index is 13.4. The molecular formula is C25H27BrF3N5S. The summed E-state index contributed by atoms with van der Waals surface area (Å²) in [6.07, 6.45) is -0.981. The van der Waals surface area contributed by atoms with E-state index in [1.807, 2.05) is 32.3 Å². The number of nitrogens with one attached hydrogen (secondary N) is 3. The average Bonchev–Trinajstić information content (AvgIpc) is 2.80. The van der Waals surface area contributed by atoms with E-state index in [4.69, 9.17) is 17.2 Å². The summed E-state index contributed by atoms with van der Waals surface area (Å²) < 4.78 is 40.5. The number of thiocarbonyl (C=S) groups is 1. The molecule has 10 heteroatoms. The van der Waals surface area contributed by atoms with Gasteiger partial charge in [-0.3, -0.25) is 0 Å². The van der Waals surface area contributed by atoms with Crippen molar-refractivity contribution in [2.24, 2.45) is 0 Å². The van der Waals surface area contributed by atoms with Crippen molar-refractivity contribution < 1.29 is 13.2 Å². The van der Waals surface area contributed by atoms with E-state index < -0.39 is 11.7 Å². The largest absolute Gasteiger partial charge is 0.418 e. The van der Waals surface area contributed by atoms with Crippen molar-refractivity contribution in [2.45, 2.75) is 43.9 Å². The fourth-order valence-electron chi connectivity index (χ4n) is 4.40. The summed E-state index contributed by atoms with van der Waals surface area (Å²) in [7, 11) is 4.04. The number of anilines is 3. The summed E-state index contributed by atoms with van der Waals surface area (Å²) in [5.41, 5.74) is 1.23. The van der Waals surface area contributed by atoms with Crippen molar-refractivity contribution in [3.05, 3.63) is 58.6 Å². The zero-order valence-corrected chi connectivity index (χ0v) is 21.8. The van der Waals surface area contributed by atoms with Gasteiger partial charge in [-0.2, -0.15) is 13.2 Å². The molecule has 1 aliphatic rings. The minimum absolute atomic E-state index is 0.0624. The zero-order chi connectivity index (χ0) is 25.2. The molecule has 186 valence electrons. The van der Waals surface area contributed by atoms with Crippen LogP contribution < -0.4 is 20.9 Å². The van der Waals surface area contributed by atoms with E-state index in [1.165, 1.54) is 6.07 Å². The normalized spacial score (nSPS) is 18.2. The standard InChI is InChI=1S/C25H27BrF3N5S/c1-34(2)22-14-23(32-20-6-4-3-5-18(20)22)30-16-8-10-17(11-9-16)31-24(35)33-21-12-7-15(26)13-19(21)25(27,28)29/h3-7,12-14,16-17H,8-11H2,1-2H3,(H,30,32)(H2,31,33,35)/t16-,17+. The number of hydrogen-bond acceptors (Lipinski definition) is 4. The molecule has 35 heavy (non-hydrogen) atoms. The van der Waals surface area contributed by atoms with Gasteiger partial charge in [0.05, 0.1) is 16.8 Å². The van der Waals surface area contributed by atoms with Gasteiger partial charge < -0.3 is 20.9 Å². The molecular weight excluding hydrogens is 539 g/mol. The number of hydrogen-bond donors (Lipinski definition) is 3. The Morgan fingerprint density at radius 1 is 1.03 bits per heavy atom. The first-order chi connectivity index (χ1) is 16.6. The first-order valence-electron chi connectivity index (χ1n) is 11.4. The van der Waals surface area contributed by atoms with Gasteiger partial charge in [0, 0.05) is 47.8 Å². The van der Waals surface area contributed by atoms with Crippen LogP contribution in [0, 0.1) is 0 Å². The maximum absolute atomic E-state index is 13.4. The third-order valence-corrected chi connectivity index (χ3v) is 6.84. The maximum Gasteiger partial charge on any atom is 0.418 e. The predicted octanol–water partition coefficient (Wildman–Crippen LogP) is 6.79. The lowest BCUT2D eigenvalue weighted by molar-refractivity contribution is -0.136. The SMILES string of the molecule is CN(C)c1cc(N[C@H]2CC[C@@H](NC(=S)Nc3ccc(Br)cc3C(F)(F)F)CC2)nc2ccccc12. The Balaban J connectivity index is 1.34. The monoisotopic (exact) mass is 565 g/mol. The van der Waals surface area contributed by atoms with E-state index in [2.05, 4.69) is 48.9 Å². The van der Waals surface area contributed by atoms with Crippen LogP contribution in [0.15, 0.2) is 53.0 Å². The topological polar surface area (TPSA) is 52.2 Å². The van der Waals surface area contributed by atoms with Crippen LogP contribution >= 0.6 is 28.1 Å². The van der Waals surface area contributed by atoms with Gasteiger partial charge in [0.25, 0.3) is 0 Å².